The molecule has 2 N–H and O–H groups in total. The molecule has 5 heteroatoms. The van der Waals surface area contributed by atoms with E-state index < -0.39 is 0 Å². The minimum absolute atomic E-state index is 0.223. The molecule has 90 valence electrons. The molecule has 0 spiro atoms. The van der Waals surface area contributed by atoms with Crippen molar-refractivity contribution in [2.75, 3.05) is 13.3 Å². The summed E-state index contributed by atoms with van der Waals surface area (Å²) in [6.07, 6.45) is 0. The van der Waals surface area contributed by atoms with Gasteiger partial charge < -0.3 is 19.8 Å². The third kappa shape index (κ3) is 1.46. The third-order valence-corrected chi connectivity index (χ3v) is 3.14. The van der Waals surface area contributed by atoms with E-state index in [2.05, 4.69) is 16.5 Å². The van der Waals surface area contributed by atoms with Gasteiger partial charge in [-0.05, 0) is 13.8 Å². The molecule has 17 heavy (non-hydrogen) atoms. The molecule has 0 saturated carbocycles. The van der Waals surface area contributed by atoms with E-state index in [0.717, 1.165) is 28.4 Å². The molecule has 1 aromatic heterocycles. The van der Waals surface area contributed by atoms with Crippen LogP contribution in [0.25, 0.3) is 11.0 Å². The van der Waals surface area contributed by atoms with Crippen molar-refractivity contribution in [3.8, 4) is 11.5 Å². The topological polar surface area (TPSA) is 62.3 Å². The number of imidazole rings is 1. The fourth-order valence-corrected chi connectivity index (χ4v) is 2.27. The van der Waals surface area contributed by atoms with Crippen LogP contribution < -0.4 is 15.2 Å². The summed E-state index contributed by atoms with van der Waals surface area (Å²) in [4.78, 5) is 4.53. The highest BCUT2D eigenvalue weighted by molar-refractivity contribution is 5.81. The summed E-state index contributed by atoms with van der Waals surface area (Å²) in [7, 11) is 0. The monoisotopic (exact) mass is 233 g/mol. The molecule has 0 fully saturated rings. The average molecular weight is 233 g/mol. The molecule has 1 aliphatic heterocycles. The van der Waals surface area contributed by atoms with Gasteiger partial charge in [0.25, 0.3) is 0 Å². The second-order valence-electron chi connectivity index (χ2n) is 4.31. The minimum Gasteiger partial charge on any atom is -0.454 e. The van der Waals surface area contributed by atoms with Crippen molar-refractivity contribution in [2.24, 2.45) is 5.73 Å². The van der Waals surface area contributed by atoms with Crippen molar-refractivity contribution in [2.45, 2.75) is 19.9 Å². The maximum atomic E-state index is 5.73. The number of fused-ring (bicyclic) bond motifs is 2. The Bertz CT molecular complexity index is 577. The molecule has 1 aromatic carbocycles. The van der Waals surface area contributed by atoms with E-state index in [1.807, 2.05) is 19.1 Å². The second-order valence-corrected chi connectivity index (χ2v) is 4.31. The van der Waals surface area contributed by atoms with Crippen molar-refractivity contribution in [1.29, 1.82) is 0 Å². The SMILES string of the molecule is Cc1nc2cc3c(cc2n1C(C)CN)OCO3. The Morgan fingerprint density at radius 1 is 1.41 bits per heavy atom. The van der Waals surface area contributed by atoms with Gasteiger partial charge >= 0.3 is 0 Å². The first-order valence-electron chi connectivity index (χ1n) is 5.69. The number of nitrogens with zero attached hydrogens (tertiary/aromatic N) is 2. The smallest absolute Gasteiger partial charge is 0.231 e. The van der Waals surface area contributed by atoms with Crippen LogP contribution in [0, 0.1) is 6.92 Å². The zero-order valence-corrected chi connectivity index (χ0v) is 9.93. The largest absolute Gasteiger partial charge is 0.454 e. The van der Waals surface area contributed by atoms with Crippen LogP contribution in [-0.4, -0.2) is 22.9 Å². The van der Waals surface area contributed by atoms with Crippen LogP contribution in [0.15, 0.2) is 12.1 Å². The van der Waals surface area contributed by atoms with Crippen LogP contribution in [0.1, 0.15) is 18.8 Å². The van der Waals surface area contributed by atoms with Gasteiger partial charge in [0.2, 0.25) is 6.79 Å². The average Bonchev–Trinajstić information content (AvgIpc) is 2.87. The fourth-order valence-electron chi connectivity index (χ4n) is 2.27. The number of aryl methyl sites for hydroxylation is 1. The highest BCUT2D eigenvalue weighted by Crippen LogP contribution is 2.36. The summed E-state index contributed by atoms with van der Waals surface area (Å²) in [6, 6.07) is 4.12. The van der Waals surface area contributed by atoms with Gasteiger partial charge in [-0.3, -0.25) is 0 Å². The maximum Gasteiger partial charge on any atom is 0.231 e. The summed E-state index contributed by atoms with van der Waals surface area (Å²) >= 11 is 0. The number of aromatic nitrogens is 2. The van der Waals surface area contributed by atoms with E-state index in [9.17, 15) is 0 Å². The molecule has 0 radical (unpaired) electrons. The lowest BCUT2D eigenvalue weighted by atomic mass is 10.2. The maximum absolute atomic E-state index is 5.73. The first-order valence-corrected chi connectivity index (χ1v) is 5.69. The highest BCUT2D eigenvalue weighted by atomic mass is 16.7. The fraction of sp³-hybridized carbons (Fsp3) is 0.417. The summed E-state index contributed by atoms with van der Waals surface area (Å²) in [5, 5.41) is 0. The zero-order chi connectivity index (χ0) is 12.0. The number of rotatable bonds is 2. The van der Waals surface area contributed by atoms with Gasteiger partial charge in [0.1, 0.15) is 5.82 Å². The number of hydrogen-bond acceptors (Lipinski definition) is 4. The van der Waals surface area contributed by atoms with Gasteiger partial charge in [0.15, 0.2) is 11.5 Å². The van der Waals surface area contributed by atoms with Crippen LogP contribution in [0.2, 0.25) is 0 Å². The number of ether oxygens (including phenoxy) is 2. The van der Waals surface area contributed by atoms with Gasteiger partial charge in [-0.15, -0.1) is 0 Å². The molecule has 3 rings (SSSR count). The van der Waals surface area contributed by atoms with Crippen LogP contribution >= 0.6 is 0 Å². The van der Waals surface area contributed by atoms with Gasteiger partial charge in [-0.1, -0.05) is 0 Å². The van der Waals surface area contributed by atoms with Gasteiger partial charge in [0, 0.05) is 24.7 Å². The predicted octanol–water partition coefficient (Wildman–Crippen LogP) is 1.59. The number of nitrogens with two attached hydrogens (primary N) is 1. The second kappa shape index (κ2) is 3.63. The summed E-state index contributed by atoms with van der Waals surface area (Å²) in [5.41, 5.74) is 7.70. The lowest BCUT2D eigenvalue weighted by molar-refractivity contribution is 0.174. The predicted molar refractivity (Wildman–Crippen MR) is 64.4 cm³/mol. The molecule has 1 atom stereocenters. The number of hydrogen-bond donors (Lipinski definition) is 1. The quantitative estimate of drug-likeness (QED) is 0.855. The van der Waals surface area contributed by atoms with Crippen LogP contribution in [-0.2, 0) is 0 Å². The first-order chi connectivity index (χ1) is 8.20. The number of benzene rings is 1. The summed E-state index contributed by atoms with van der Waals surface area (Å²) in [6.45, 7) is 4.94. The molecule has 0 amide bonds. The van der Waals surface area contributed by atoms with Crippen molar-refractivity contribution in [3.05, 3.63) is 18.0 Å². The Labute approximate surface area is 99.1 Å². The Balaban J connectivity index is 2.25. The molecule has 5 nitrogen and oxygen atoms in total. The summed E-state index contributed by atoms with van der Waals surface area (Å²) in [5.74, 6) is 2.51. The van der Waals surface area contributed by atoms with E-state index in [0.29, 0.717) is 6.54 Å². The lowest BCUT2D eigenvalue weighted by Gasteiger charge is -2.13. The van der Waals surface area contributed by atoms with Gasteiger partial charge in [-0.25, -0.2) is 4.98 Å². The van der Waals surface area contributed by atoms with Gasteiger partial charge in [0.05, 0.1) is 11.0 Å². The molecular weight excluding hydrogens is 218 g/mol. The first kappa shape index (κ1) is 10.4. The summed E-state index contributed by atoms with van der Waals surface area (Å²) < 4.78 is 12.9. The zero-order valence-electron chi connectivity index (χ0n) is 9.93. The van der Waals surface area contributed by atoms with Crippen LogP contribution in [0.5, 0.6) is 11.5 Å². The standard InChI is InChI=1S/C12H15N3O2/c1-7(5-13)15-8(2)14-9-3-11-12(4-10(9)15)17-6-16-11/h3-4,7H,5-6,13H2,1-2H3. The molecule has 1 aliphatic rings. The van der Waals surface area contributed by atoms with E-state index in [1.54, 1.807) is 0 Å². The molecule has 0 aliphatic carbocycles. The van der Waals surface area contributed by atoms with Crippen molar-refractivity contribution >= 4 is 11.0 Å². The minimum atomic E-state index is 0.223. The molecule has 0 saturated heterocycles. The van der Waals surface area contributed by atoms with Crippen molar-refractivity contribution < 1.29 is 9.47 Å². The van der Waals surface area contributed by atoms with Crippen molar-refractivity contribution in [1.82, 2.24) is 9.55 Å². The third-order valence-electron chi connectivity index (χ3n) is 3.14. The van der Waals surface area contributed by atoms with Crippen LogP contribution in [0.4, 0.5) is 0 Å². The Kier molecular flexibility index (Phi) is 2.22. The van der Waals surface area contributed by atoms with E-state index >= 15 is 0 Å². The molecular formula is C12H15N3O2. The highest BCUT2D eigenvalue weighted by Gasteiger charge is 2.19. The Morgan fingerprint density at radius 3 is 2.82 bits per heavy atom. The molecule has 1 unspecified atom stereocenters. The van der Waals surface area contributed by atoms with E-state index in [4.69, 9.17) is 15.2 Å². The molecule has 0 bridgehead atoms. The molecule has 2 aromatic rings. The van der Waals surface area contributed by atoms with E-state index in [-0.39, 0.29) is 12.8 Å². The van der Waals surface area contributed by atoms with Crippen molar-refractivity contribution in [3.63, 3.8) is 0 Å². The molecule has 2 heterocycles. The van der Waals surface area contributed by atoms with Gasteiger partial charge in [-0.2, -0.15) is 0 Å². The Hall–Kier alpha value is -1.75. The van der Waals surface area contributed by atoms with E-state index in [1.165, 1.54) is 0 Å². The Morgan fingerprint density at radius 2 is 2.12 bits per heavy atom. The lowest BCUT2D eigenvalue weighted by Crippen LogP contribution is -2.16. The normalized spacial score (nSPS) is 15.5. The van der Waals surface area contributed by atoms with Crippen LogP contribution in [0.3, 0.4) is 0 Å².